The molecule has 1 heterocycles. The fraction of sp³-hybridized carbons (Fsp3) is 0.636. The van der Waals surface area contributed by atoms with Gasteiger partial charge >= 0.3 is 0 Å². The van der Waals surface area contributed by atoms with Crippen LogP contribution in [0.4, 0.5) is 4.39 Å². The van der Waals surface area contributed by atoms with Crippen molar-refractivity contribution in [3.63, 3.8) is 0 Å². The lowest BCUT2D eigenvalue weighted by Gasteiger charge is -2.32. The van der Waals surface area contributed by atoms with Gasteiger partial charge in [-0.15, -0.1) is 0 Å². The van der Waals surface area contributed by atoms with E-state index >= 15 is 0 Å². The molecule has 0 amide bonds. The number of rotatable bonds is 8. The van der Waals surface area contributed by atoms with Gasteiger partial charge in [-0.05, 0) is 36.8 Å². The Morgan fingerprint density at radius 3 is 2.63 bits per heavy atom. The van der Waals surface area contributed by atoms with Crippen molar-refractivity contribution < 1.29 is 23.3 Å². The van der Waals surface area contributed by atoms with Crippen LogP contribution in [-0.4, -0.2) is 32.7 Å². The molecule has 0 radical (unpaired) electrons. The Bertz CT molecular complexity index is 665. The first-order valence-electron chi connectivity index (χ1n) is 10.0. The van der Waals surface area contributed by atoms with Gasteiger partial charge in [0.15, 0.2) is 17.3 Å². The minimum atomic E-state index is -0.408. The Labute approximate surface area is 161 Å². The van der Waals surface area contributed by atoms with Gasteiger partial charge in [0.05, 0.1) is 26.9 Å². The number of hydrogen-bond donors (Lipinski definition) is 0. The van der Waals surface area contributed by atoms with Gasteiger partial charge in [0.25, 0.3) is 0 Å². The van der Waals surface area contributed by atoms with Gasteiger partial charge < -0.3 is 18.9 Å². The second kappa shape index (κ2) is 9.07. The predicted molar refractivity (Wildman–Crippen MR) is 103 cm³/mol. The number of unbranched alkanes of at least 4 members (excludes halogenated alkanes) is 1. The molecule has 3 rings (SSSR count). The molecule has 5 heteroatoms. The maximum Gasteiger partial charge on any atom is 0.172 e. The molecule has 0 aromatic heterocycles. The highest BCUT2D eigenvalue weighted by Crippen LogP contribution is 2.38. The minimum Gasteiger partial charge on any atom is -0.493 e. The van der Waals surface area contributed by atoms with Crippen LogP contribution in [0.2, 0.25) is 0 Å². The highest BCUT2D eigenvalue weighted by atomic mass is 19.1. The van der Waals surface area contributed by atoms with Crippen LogP contribution in [-0.2, 0) is 15.9 Å². The zero-order valence-electron chi connectivity index (χ0n) is 16.7. The van der Waals surface area contributed by atoms with Crippen LogP contribution in [0.3, 0.4) is 0 Å². The molecule has 1 spiro atoms. The van der Waals surface area contributed by atoms with E-state index in [2.05, 4.69) is 19.9 Å². The van der Waals surface area contributed by atoms with Gasteiger partial charge in [-0.3, -0.25) is 0 Å². The Kier molecular flexibility index (Phi) is 6.77. The van der Waals surface area contributed by atoms with Crippen molar-refractivity contribution in [1.82, 2.24) is 0 Å². The maximum absolute atomic E-state index is 14.6. The predicted octanol–water partition coefficient (Wildman–Crippen LogP) is 5.05. The summed E-state index contributed by atoms with van der Waals surface area (Å²) in [5.74, 6) is 0.690. The molecule has 0 saturated carbocycles. The average molecular weight is 378 g/mol. The van der Waals surface area contributed by atoms with Crippen molar-refractivity contribution in [2.24, 2.45) is 5.92 Å². The molecule has 4 nitrogen and oxygen atoms in total. The molecule has 0 bridgehead atoms. The second-order valence-electron chi connectivity index (χ2n) is 7.49. The summed E-state index contributed by atoms with van der Waals surface area (Å²) >= 11 is 0. The smallest absolute Gasteiger partial charge is 0.172 e. The van der Waals surface area contributed by atoms with Gasteiger partial charge in [-0.2, -0.15) is 0 Å². The normalized spacial score (nSPS) is 19.8. The van der Waals surface area contributed by atoms with E-state index in [9.17, 15) is 4.39 Å². The Hall–Kier alpha value is -1.59. The van der Waals surface area contributed by atoms with Crippen LogP contribution < -0.4 is 9.47 Å². The topological polar surface area (TPSA) is 36.9 Å². The molecule has 1 unspecified atom stereocenters. The number of ether oxygens (including phenoxy) is 4. The molecular formula is C22H31FO4. The van der Waals surface area contributed by atoms with E-state index in [4.69, 9.17) is 18.9 Å². The number of halogens is 1. The third kappa shape index (κ3) is 4.82. The van der Waals surface area contributed by atoms with E-state index < -0.39 is 5.79 Å². The molecule has 1 saturated heterocycles. The summed E-state index contributed by atoms with van der Waals surface area (Å²) in [5, 5.41) is 0. The fourth-order valence-electron chi connectivity index (χ4n) is 3.83. The SMILES string of the molecule is CCCCOc1cc(CC(C)C2=CCC3(CC2)OCCO3)c(F)cc1OC. The molecule has 1 fully saturated rings. The molecule has 0 N–H and O–H groups in total. The van der Waals surface area contributed by atoms with E-state index in [1.807, 2.05) is 0 Å². The number of methoxy groups -OCH3 is 1. The lowest BCUT2D eigenvalue weighted by molar-refractivity contribution is -0.161. The molecule has 1 atom stereocenters. The van der Waals surface area contributed by atoms with Crippen LogP contribution in [0.15, 0.2) is 23.8 Å². The molecule has 27 heavy (non-hydrogen) atoms. The van der Waals surface area contributed by atoms with Gasteiger partial charge in [0, 0.05) is 18.9 Å². The molecule has 150 valence electrons. The van der Waals surface area contributed by atoms with Crippen molar-refractivity contribution in [3.05, 3.63) is 35.2 Å². The van der Waals surface area contributed by atoms with E-state index in [1.165, 1.54) is 11.6 Å². The van der Waals surface area contributed by atoms with Crippen molar-refractivity contribution in [1.29, 1.82) is 0 Å². The third-order valence-corrected chi connectivity index (χ3v) is 5.53. The van der Waals surface area contributed by atoms with Crippen molar-refractivity contribution in [2.45, 2.75) is 58.2 Å². The quantitative estimate of drug-likeness (QED) is 0.469. The first-order chi connectivity index (χ1) is 13.1. The van der Waals surface area contributed by atoms with Crippen LogP contribution in [0.5, 0.6) is 11.5 Å². The van der Waals surface area contributed by atoms with Crippen LogP contribution in [0.25, 0.3) is 0 Å². The highest BCUT2D eigenvalue weighted by Gasteiger charge is 2.38. The van der Waals surface area contributed by atoms with Gasteiger partial charge in [-0.25, -0.2) is 4.39 Å². The van der Waals surface area contributed by atoms with E-state index in [0.717, 1.165) is 32.1 Å². The summed E-state index contributed by atoms with van der Waals surface area (Å²) in [5.41, 5.74) is 2.02. The number of allylic oxidation sites excluding steroid dienone is 1. The van der Waals surface area contributed by atoms with Crippen molar-refractivity contribution in [2.75, 3.05) is 26.9 Å². The summed E-state index contributed by atoms with van der Waals surface area (Å²) < 4.78 is 37.2. The fourth-order valence-corrected chi connectivity index (χ4v) is 3.83. The molecule has 1 aliphatic carbocycles. The highest BCUT2D eigenvalue weighted by molar-refractivity contribution is 5.44. The lowest BCUT2D eigenvalue weighted by atomic mass is 9.84. The molecule has 1 aromatic carbocycles. The summed E-state index contributed by atoms with van der Waals surface area (Å²) in [7, 11) is 1.54. The van der Waals surface area contributed by atoms with Crippen LogP contribution in [0.1, 0.15) is 51.5 Å². The van der Waals surface area contributed by atoms with Crippen LogP contribution >= 0.6 is 0 Å². The van der Waals surface area contributed by atoms with Gasteiger partial charge in [-0.1, -0.05) is 31.9 Å². The lowest BCUT2D eigenvalue weighted by Crippen LogP contribution is -2.32. The van der Waals surface area contributed by atoms with E-state index in [0.29, 0.717) is 43.3 Å². The van der Waals surface area contributed by atoms with E-state index in [-0.39, 0.29) is 11.7 Å². The van der Waals surface area contributed by atoms with Crippen LogP contribution in [0, 0.1) is 11.7 Å². The average Bonchev–Trinajstić information content (AvgIpc) is 3.12. The van der Waals surface area contributed by atoms with Crippen molar-refractivity contribution >= 4 is 0 Å². The molecule has 1 aromatic rings. The van der Waals surface area contributed by atoms with Gasteiger partial charge in [0.1, 0.15) is 5.82 Å². The standard InChI is InChI=1S/C22H31FO4/c1-4-5-10-25-21-14-18(19(23)15-20(21)24-3)13-16(2)17-6-8-22(9-7-17)26-11-12-27-22/h6,14-16H,4-5,7-13H2,1-3H3. The summed E-state index contributed by atoms with van der Waals surface area (Å²) in [6, 6.07) is 3.24. The second-order valence-corrected chi connectivity index (χ2v) is 7.49. The molecule has 1 aliphatic heterocycles. The number of hydrogen-bond acceptors (Lipinski definition) is 4. The largest absolute Gasteiger partial charge is 0.493 e. The summed E-state index contributed by atoms with van der Waals surface area (Å²) in [4.78, 5) is 0. The first-order valence-corrected chi connectivity index (χ1v) is 10.0. The van der Waals surface area contributed by atoms with Crippen molar-refractivity contribution in [3.8, 4) is 11.5 Å². The minimum absolute atomic E-state index is 0.239. The Balaban J connectivity index is 1.68. The summed E-state index contributed by atoms with van der Waals surface area (Å²) in [6.45, 7) is 6.23. The summed E-state index contributed by atoms with van der Waals surface area (Å²) in [6.07, 6.45) is 7.46. The number of benzene rings is 1. The monoisotopic (exact) mass is 378 g/mol. The molecule has 2 aliphatic rings. The Morgan fingerprint density at radius 2 is 2.00 bits per heavy atom. The molecular weight excluding hydrogens is 347 g/mol. The Morgan fingerprint density at radius 1 is 1.22 bits per heavy atom. The van der Waals surface area contributed by atoms with Gasteiger partial charge in [0.2, 0.25) is 0 Å². The maximum atomic E-state index is 14.6. The van der Waals surface area contributed by atoms with E-state index in [1.54, 1.807) is 13.2 Å². The third-order valence-electron chi connectivity index (χ3n) is 5.53. The first kappa shape index (κ1) is 20.2. The zero-order valence-corrected chi connectivity index (χ0v) is 16.7. The zero-order chi connectivity index (χ0) is 19.3.